The van der Waals surface area contributed by atoms with Crippen LogP contribution in [0.15, 0.2) is 71.8 Å². The van der Waals surface area contributed by atoms with Crippen molar-refractivity contribution in [3.63, 3.8) is 0 Å². The van der Waals surface area contributed by atoms with Gasteiger partial charge < -0.3 is 20.5 Å². The van der Waals surface area contributed by atoms with E-state index in [1.807, 2.05) is 30.3 Å². The van der Waals surface area contributed by atoms with E-state index in [0.29, 0.717) is 39.3 Å². The number of nitrogens with two attached hydrogens (primary N) is 1. The van der Waals surface area contributed by atoms with Crippen molar-refractivity contribution in [1.82, 2.24) is 20.0 Å². The van der Waals surface area contributed by atoms with Crippen LogP contribution < -0.4 is 20.5 Å². The molecule has 2 aromatic heterocycles. The third-order valence-corrected chi connectivity index (χ3v) is 5.81. The molecule has 3 N–H and O–H groups in total. The first kappa shape index (κ1) is 23.7. The van der Waals surface area contributed by atoms with E-state index in [1.165, 1.54) is 23.9 Å². The number of nitrogen functional groups attached to an aromatic ring is 1. The van der Waals surface area contributed by atoms with Crippen LogP contribution in [-0.4, -0.2) is 41.0 Å². The van der Waals surface area contributed by atoms with Gasteiger partial charge in [-0.1, -0.05) is 30.3 Å². The Bertz CT molecular complexity index is 1650. The zero-order chi connectivity index (χ0) is 25.9. The Hall–Kier alpha value is -4.99. The largest absolute Gasteiger partial charge is 0.493 e. The topological polar surface area (TPSA) is 117 Å². The van der Waals surface area contributed by atoms with Crippen LogP contribution in [0.1, 0.15) is 21.5 Å². The predicted molar refractivity (Wildman–Crippen MR) is 140 cm³/mol. The Morgan fingerprint density at radius 2 is 1.76 bits per heavy atom. The van der Waals surface area contributed by atoms with Crippen molar-refractivity contribution in [2.45, 2.75) is 6.54 Å². The first-order valence-electron chi connectivity index (χ1n) is 11.3. The van der Waals surface area contributed by atoms with Crippen molar-refractivity contribution >= 4 is 40.1 Å². The summed E-state index contributed by atoms with van der Waals surface area (Å²) in [5.41, 5.74) is 9.84. The molecule has 0 fully saturated rings. The molecule has 0 saturated heterocycles. The number of nitrogens with one attached hydrogen (secondary N) is 1. The van der Waals surface area contributed by atoms with E-state index in [-0.39, 0.29) is 23.7 Å². The average Bonchev–Trinajstić information content (AvgIpc) is 3.19. The second kappa shape index (κ2) is 9.94. The molecule has 0 aliphatic heterocycles. The minimum atomic E-state index is -0.454. The van der Waals surface area contributed by atoms with Gasteiger partial charge in [-0.25, -0.2) is 14.4 Å². The summed E-state index contributed by atoms with van der Waals surface area (Å²) in [4.78, 5) is 22.7. The molecule has 0 unspecified atom stereocenters. The molecule has 9 nitrogen and oxygen atoms in total. The van der Waals surface area contributed by atoms with Gasteiger partial charge in [0.2, 0.25) is 0 Å². The van der Waals surface area contributed by atoms with Crippen LogP contribution in [0.4, 0.5) is 10.2 Å². The molecule has 0 aliphatic carbocycles. The summed E-state index contributed by atoms with van der Waals surface area (Å²) in [5, 5.41) is 7.36. The lowest BCUT2D eigenvalue weighted by molar-refractivity contribution is 0.0953. The van der Waals surface area contributed by atoms with Crippen LogP contribution in [0, 0.1) is 5.82 Å². The number of carbonyl (C=O) groups excluding carboxylic acids is 1. The number of ether oxygens (including phenoxy) is 2. The Labute approximate surface area is 211 Å². The van der Waals surface area contributed by atoms with Gasteiger partial charge in [0.25, 0.3) is 5.91 Å². The highest BCUT2D eigenvalue weighted by Crippen LogP contribution is 2.31. The third-order valence-electron chi connectivity index (χ3n) is 5.81. The Morgan fingerprint density at radius 1 is 1.03 bits per heavy atom. The van der Waals surface area contributed by atoms with Gasteiger partial charge in [-0.15, -0.1) is 0 Å². The summed E-state index contributed by atoms with van der Waals surface area (Å²) in [6.45, 7) is 0.177. The summed E-state index contributed by atoms with van der Waals surface area (Å²) >= 11 is 0. The predicted octanol–water partition coefficient (Wildman–Crippen LogP) is 4.14. The highest BCUT2D eigenvalue weighted by molar-refractivity contribution is 6.10. The summed E-state index contributed by atoms with van der Waals surface area (Å²) in [5.74, 6) is 0.306. The zero-order valence-electron chi connectivity index (χ0n) is 20.1. The number of nitrogens with zero attached hydrogens (tertiary/aromatic N) is 4. The monoisotopic (exact) mass is 498 g/mol. The second-order valence-corrected chi connectivity index (χ2v) is 8.09. The van der Waals surface area contributed by atoms with Crippen molar-refractivity contribution in [2.75, 3.05) is 20.0 Å². The highest BCUT2D eigenvalue weighted by atomic mass is 19.1. The number of rotatable bonds is 7. The maximum Gasteiger partial charge on any atom is 0.257 e. The number of hydrogen-bond donors (Lipinski definition) is 2. The molecule has 5 aromatic rings. The number of methoxy groups -OCH3 is 2. The molecule has 5 rings (SSSR count). The normalized spacial score (nSPS) is 11.3. The summed E-state index contributed by atoms with van der Waals surface area (Å²) in [6, 6.07) is 18.6. The van der Waals surface area contributed by atoms with Crippen LogP contribution in [0.25, 0.3) is 22.2 Å². The lowest BCUT2D eigenvalue weighted by Gasteiger charge is -2.09. The smallest absolute Gasteiger partial charge is 0.257 e. The minimum Gasteiger partial charge on any atom is -0.493 e. The molecule has 3 aromatic carbocycles. The molecule has 1 amide bonds. The standard InChI is InChI=1S/C27H23FN6O3/c1-36-21-9-5-6-17(24(21)37-2)15-31-34-25(29)22(27(35)30-14-16-10-12-18(28)13-11-16)23-26(34)33-20-8-4-3-7-19(20)32-23/h3-13,15H,14,29H2,1-2H3,(H,30,35)/b31-15+. The van der Waals surface area contributed by atoms with E-state index in [0.717, 1.165) is 5.56 Å². The molecule has 0 radical (unpaired) electrons. The molecule has 0 bridgehead atoms. The van der Waals surface area contributed by atoms with Crippen LogP contribution in [0.2, 0.25) is 0 Å². The van der Waals surface area contributed by atoms with Gasteiger partial charge >= 0.3 is 0 Å². The van der Waals surface area contributed by atoms with E-state index in [1.54, 1.807) is 37.6 Å². The first-order chi connectivity index (χ1) is 18.0. The minimum absolute atomic E-state index is 0.0695. The summed E-state index contributed by atoms with van der Waals surface area (Å²) in [7, 11) is 3.09. The van der Waals surface area contributed by atoms with Crippen molar-refractivity contribution in [1.29, 1.82) is 0 Å². The number of anilines is 1. The quantitative estimate of drug-likeness (QED) is 0.326. The van der Waals surface area contributed by atoms with Gasteiger partial charge in [-0.2, -0.15) is 9.78 Å². The summed E-state index contributed by atoms with van der Waals surface area (Å²) in [6.07, 6.45) is 1.55. The van der Waals surface area contributed by atoms with Gasteiger partial charge in [0.1, 0.15) is 22.7 Å². The van der Waals surface area contributed by atoms with Gasteiger partial charge in [0.05, 0.1) is 31.5 Å². The number of amides is 1. The molecule has 2 heterocycles. The van der Waals surface area contributed by atoms with E-state index in [2.05, 4.69) is 20.4 Å². The average molecular weight is 499 g/mol. The van der Waals surface area contributed by atoms with Gasteiger partial charge in [0, 0.05) is 12.1 Å². The fraction of sp³-hybridized carbons (Fsp3) is 0.111. The maximum absolute atomic E-state index is 13.3. The Morgan fingerprint density at radius 3 is 2.46 bits per heavy atom. The van der Waals surface area contributed by atoms with E-state index in [4.69, 9.17) is 15.2 Å². The Balaban J connectivity index is 1.60. The SMILES string of the molecule is COc1cccc(/C=N/n2c(N)c(C(=O)NCc3ccc(F)cc3)c3nc4ccccc4nc32)c1OC. The molecular weight excluding hydrogens is 475 g/mol. The highest BCUT2D eigenvalue weighted by Gasteiger charge is 2.24. The maximum atomic E-state index is 13.3. The second-order valence-electron chi connectivity index (χ2n) is 8.09. The zero-order valence-corrected chi connectivity index (χ0v) is 20.1. The van der Waals surface area contributed by atoms with E-state index >= 15 is 0 Å². The lowest BCUT2D eigenvalue weighted by Crippen LogP contribution is -2.23. The van der Waals surface area contributed by atoms with Crippen LogP contribution in [0.5, 0.6) is 11.5 Å². The summed E-state index contributed by atoms with van der Waals surface area (Å²) < 4.78 is 25.5. The van der Waals surface area contributed by atoms with Crippen LogP contribution >= 0.6 is 0 Å². The number of fused-ring (bicyclic) bond motifs is 2. The van der Waals surface area contributed by atoms with Crippen LogP contribution in [-0.2, 0) is 6.54 Å². The molecule has 0 spiro atoms. The van der Waals surface area contributed by atoms with E-state index in [9.17, 15) is 9.18 Å². The van der Waals surface area contributed by atoms with Gasteiger partial charge in [-0.05, 0) is 42.0 Å². The number of hydrogen-bond acceptors (Lipinski definition) is 7. The van der Waals surface area contributed by atoms with Gasteiger partial charge in [-0.3, -0.25) is 4.79 Å². The fourth-order valence-electron chi connectivity index (χ4n) is 3.99. The number of para-hydroxylation sites is 3. The molecular formula is C27H23FN6O3. The number of benzene rings is 3. The molecule has 0 atom stereocenters. The van der Waals surface area contributed by atoms with Gasteiger partial charge in [0.15, 0.2) is 17.1 Å². The molecule has 0 aliphatic rings. The molecule has 0 saturated carbocycles. The van der Waals surface area contributed by atoms with Crippen molar-refractivity contribution < 1.29 is 18.7 Å². The first-order valence-corrected chi connectivity index (χ1v) is 11.3. The van der Waals surface area contributed by atoms with Crippen molar-refractivity contribution in [3.05, 3.63) is 89.2 Å². The molecule has 10 heteroatoms. The van der Waals surface area contributed by atoms with Crippen LogP contribution in [0.3, 0.4) is 0 Å². The Kier molecular flexibility index (Phi) is 6.38. The van der Waals surface area contributed by atoms with E-state index < -0.39 is 5.91 Å². The third kappa shape index (κ3) is 4.52. The fourth-order valence-corrected chi connectivity index (χ4v) is 3.99. The number of halogens is 1. The van der Waals surface area contributed by atoms with Crippen molar-refractivity contribution in [2.24, 2.45) is 5.10 Å². The van der Waals surface area contributed by atoms with Crippen molar-refractivity contribution in [3.8, 4) is 11.5 Å². The number of aromatic nitrogens is 3. The lowest BCUT2D eigenvalue weighted by atomic mass is 10.2. The molecule has 37 heavy (non-hydrogen) atoms. The number of carbonyl (C=O) groups is 1. The molecule has 186 valence electrons.